The summed E-state index contributed by atoms with van der Waals surface area (Å²) in [6.07, 6.45) is 1.06. The number of amides is 1. The number of ether oxygens (including phenoxy) is 1. The smallest absolute Gasteiger partial charge is 0.223 e. The number of nitrogens with one attached hydrogen (secondary N) is 1. The Hall–Kier alpha value is -0.610. The average Bonchev–Trinajstić information content (AvgIpc) is 2.92. The first-order chi connectivity index (χ1) is 7.15. The van der Waals surface area contributed by atoms with Crippen LogP contribution in [0.5, 0.6) is 0 Å². The highest BCUT2D eigenvalue weighted by Crippen LogP contribution is 2.37. The number of carbonyl (C=O) groups excluding carboxylic acids is 1. The van der Waals surface area contributed by atoms with Crippen molar-refractivity contribution < 1.29 is 9.53 Å². The SMILES string of the molecule is COCCN(C)CCNC(=O)[C@@H]1C[C@H]1C. The van der Waals surface area contributed by atoms with E-state index in [2.05, 4.69) is 17.1 Å². The van der Waals surface area contributed by atoms with Crippen LogP contribution in [-0.4, -0.2) is 51.2 Å². The Bertz CT molecular complexity index is 209. The quantitative estimate of drug-likeness (QED) is 0.664. The predicted molar refractivity (Wildman–Crippen MR) is 59.7 cm³/mol. The summed E-state index contributed by atoms with van der Waals surface area (Å²) in [5, 5.41) is 2.96. The molecule has 4 nitrogen and oxygen atoms in total. The minimum Gasteiger partial charge on any atom is -0.383 e. The summed E-state index contributed by atoms with van der Waals surface area (Å²) in [4.78, 5) is 13.6. The van der Waals surface area contributed by atoms with Gasteiger partial charge >= 0.3 is 0 Å². The van der Waals surface area contributed by atoms with Crippen molar-refractivity contribution in [2.75, 3.05) is 40.4 Å². The van der Waals surface area contributed by atoms with Crippen LogP contribution in [0.4, 0.5) is 0 Å². The lowest BCUT2D eigenvalue weighted by Gasteiger charge is -2.16. The van der Waals surface area contributed by atoms with E-state index < -0.39 is 0 Å². The van der Waals surface area contributed by atoms with Gasteiger partial charge in [0, 0.05) is 32.7 Å². The highest BCUT2D eigenvalue weighted by molar-refractivity contribution is 5.81. The fourth-order valence-corrected chi connectivity index (χ4v) is 1.55. The fourth-order valence-electron chi connectivity index (χ4n) is 1.55. The van der Waals surface area contributed by atoms with Gasteiger partial charge in [0.25, 0.3) is 0 Å². The van der Waals surface area contributed by atoms with Crippen LogP contribution in [0.2, 0.25) is 0 Å². The van der Waals surface area contributed by atoms with Crippen molar-refractivity contribution >= 4 is 5.91 Å². The fraction of sp³-hybridized carbons (Fsp3) is 0.909. The molecule has 88 valence electrons. The number of nitrogens with zero attached hydrogens (tertiary/aromatic N) is 1. The van der Waals surface area contributed by atoms with Gasteiger partial charge < -0.3 is 15.0 Å². The van der Waals surface area contributed by atoms with E-state index in [1.807, 2.05) is 7.05 Å². The molecule has 1 N–H and O–H groups in total. The van der Waals surface area contributed by atoms with Crippen molar-refractivity contribution in [2.24, 2.45) is 11.8 Å². The summed E-state index contributed by atoms with van der Waals surface area (Å²) >= 11 is 0. The van der Waals surface area contributed by atoms with Gasteiger partial charge in [-0.15, -0.1) is 0 Å². The van der Waals surface area contributed by atoms with Crippen LogP contribution >= 0.6 is 0 Å². The number of likely N-dealkylation sites (N-methyl/N-ethyl adjacent to an activating group) is 1. The number of hydrogen-bond acceptors (Lipinski definition) is 3. The van der Waals surface area contributed by atoms with Crippen LogP contribution in [0.15, 0.2) is 0 Å². The van der Waals surface area contributed by atoms with Crippen LogP contribution in [0.1, 0.15) is 13.3 Å². The zero-order valence-electron chi connectivity index (χ0n) is 9.95. The lowest BCUT2D eigenvalue weighted by Crippen LogP contribution is -2.35. The topological polar surface area (TPSA) is 41.6 Å². The summed E-state index contributed by atoms with van der Waals surface area (Å²) in [6, 6.07) is 0. The number of rotatable bonds is 7. The third-order valence-electron chi connectivity index (χ3n) is 2.92. The second-order valence-electron chi connectivity index (χ2n) is 4.41. The monoisotopic (exact) mass is 214 g/mol. The molecule has 15 heavy (non-hydrogen) atoms. The maximum Gasteiger partial charge on any atom is 0.223 e. The van der Waals surface area contributed by atoms with E-state index in [0.29, 0.717) is 5.92 Å². The first kappa shape index (κ1) is 12.5. The van der Waals surface area contributed by atoms with Gasteiger partial charge in [-0.1, -0.05) is 6.92 Å². The van der Waals surface area contributed by atoms with Crippen LogP contribution in [0, 0.1) is 11.8 Å². The summed E-state index contributed by atoms with van der Waals surface area (Å²) in [5.41, 5.74) is 0. The zero-order chi connectivity index (χ0) is 11.3. The maximum absolute atomic E-state index is 11.5. The van der Waals surface area contributed by atoms with Gasteiger partial charge in [0.2, 0.25) is 5.91 Å². The molecule has 1 aliphatic carbocycles. The van der Waals surface area contributed by atoms with E-state index in [4.69, 9.17) is 4.74 Å². The van der Waals surface area contributed by atoms with Crippen LogP contribution < -0.4 is 5.32 Å². The van der Waals surface area contributed by atoms with Gasteiger partial charge in [0.05, 0.1) is 6.61 Å². The molecule has 0 bridgehead atoms. The van der Waals surface area contributed by atoms with Gasteiger partial charge in [-0.25, -0.2) is 0 Å². The van der Waals surface area contributed by atoms with Crippen molar-refractivity contribution in [1.29, 1.82) is 0 Å². The zero-order valence-corrected chi connectivity index (χ0v) is 9.95. The first-order valence-electron chi connectivity index (χ1n) is 5.60. The highest BCUT2D eigenvalue weighted by atomic mass is 16.5. The molecule has 0 aromatic carbocycles. The lowest BCUT2D eigenvalue weighted by molar-refractivity contribution is -0.122. The summed E-state index contributed by atoms with van der Waals surface area (Å²) < 4.78 is 4.97. The third kappa shape index (κ3) is 4.62. The molecule has 1 fully saturated rings. The molecular weight excluding hydrogens is 192 g/mol. The van der Waals surface area contributed by atoms with E-state index in [9.17, 15) is 4.79 Å². The second-order valence-corrected chi connectivity index (χ2v) is 4.41. The highest BCUT2D eigenvalue weighted by Gasteiger charge is 2.38. The van der Waals surface area contributed by atoms with Gasteiger partial charge in [0.15, 0.2) is 0 Å². The molecule has 0 aromatic rings. The number of methoxy groups -OCH3 is 1. The number of hydrogen-bond donors (Lipinski definition) is 1. The van der Waals surface area contributed by atoms with Crippen LogP contribution in [0.25, 0.3) is 0 Å². The van der Waals surface area contributed by atoms with Crippen molar-refractivity contribution in [3.63, 3.8) is 0 Å². The van der Waals surface area contributed by atoms with E-state index in [-0.39, 0.29) is 11.8 Å². The Morgan fingerprint density at radius 3 is 2.73 bits per heavy atom. The normalized spacial score (nSPS) is 24.3. The van der Waals surface area contributed by atoms with E-state index in [1.165, 1.54) is 0 Å². The molecule has 0 saturated heterocycles. The summed E-state index contributed by atoms with van der Waals surface area (Å²) in [5.74, 6) is 1.10. The Morgan fingerprint density at radius 2 is 2.20 bits per heavy atom. The second kappa shape index (κ2) is 6.08. The lowest BCUT2D eigenvalue weighted by atomic mass is 10.3. The van der Waals surface area contributed by atoms with E-state index >= 15 is 0 Å². The molecule has 1 aliphatic rings. The van der Waals surface area contributed by atoms with Crippen molar-refractivity contribution in [1.82, 2.24) is 10.2 Å². The average molecular weight is 214 g/mol. The standard InChI is InChI=1S/C11H22N2O2/c1-9-8-10(9)11(14)12-4-5-13(2)6-7-15-3/h9-10H,4-8H2,1-3H3,(H,12,14)/t9-,10-/m1/s1. The Kier molecular flexibility index (Phi) is 5.05. The first-order valence-corrected chi connectivity index (χ1v) is 5.60. The molecule has 1 amide bonds. The molecular formula is C11H22N2O2. The van der Waals surface area contributed by atoms with Crippen molar-refractivity contribution in [3.05, 3.63) is 0 Å². The molecule has 4 heteroatoms. The molecule has 0 aromatic heterocycles. The molecule has 0 aliphatic heterocycles. The van der Waals surface area contributed by atoms with E-state index in [1.54, 1.807) is 7.11 Å². The Labute approximate surface area is 92.0 Å². The van der Waals surface area contributed by atoms with Crippen LogP contribution in [-0.2, 0) is 9.53 Å². The minimum absolute atomic E-state index is 0.225. The van der Waals surface area contributed by atoms with Crippen molar-refractivity contribution in [3.8, 4) is 0 Å². The largest absolute Gasteiger partial charge is 0.383 e. The Balaban J connectivity index is 1.98. The minimum atomic E-state index is 0.225. The maximum atomic E-state index is 11.5. The van der Waals surface area contributed by atoms with Gasteiger partial charge in [-0.05, 0) is 19.4 Å². The molecule has 0 radical (unpaired) electrons. The third-order valence-corrected chi connectivity index (χ3v) is 2.92. The summed E-state index contributed by atoms with van der Waals surface area (Å²) in [6.45, 7) is 5.39. The molecule has 1 saturated carbocycles. The Morgan fingerprint density at radius 1 is 1.53 bits per heavy atom. The molecule has 2 atom stereocenters. The molecule has 0 spiro atoms. The summed E-state index contributed by atoms with van der Waals surface area (Å²) in [7, 11) is 3.73. The molecule has 1 rings (SSSR count). The van der Waals surface area contributed by atoms with Crippen LogP contribution in [0.3, 0.4) is 0 Å². The molecule has 0 heterocycles. The predicted octanol–water partition coefficient (Wildman–Crippen LogP) is 0.337. The van der Waals surface area contributed by atoms with Gasteiger partial charge in [-0.2, -0.15) is 0 Å². The van der Waals surface area contributed by atoms with Gasteiger partial charge in [-0.3, -0.25) is 4.79 Å². The van der Waals surface area contributed by atoms with Crippen molar-refractivity contribution in [2.45, 2.75) is 13.3 Å². The van der Waals surface area contributed by atoms with E-state index in [0.717, 1.165) is 32.7 Å². The van der Waals surface area contributed by atoms with Gasteiger partial charge in [0.1, 0.15) is 0 Å². The molecule has 0 unspecified atom stereocenters. The number of carbonyl (C=O) groups is 1.